The zero-order chi connectivity index (χ0) is 75.1. The molecule has 0 N–H and O–H groups in total. The summed E-state index contributed by atoms with van der Waals surface area (Å²) in [6.45, 7) is 0.528. The van der Waals surface area contributed by atoms with Crippen molar-refractivity contribution in [2.24, 2.45) is 0 Å². The van der Waals surface area contributed by atoms with E-state index in [9.17, 15) is 51.9 Å². The summed E-state index contributed by atoms with van der Waals surface area (Å²) in [6.07, 6.45) is -6.20. The number of rotatable bonds is 20. The Morgan fingerprint density at radius 3 is 0.713 bits per heavy atom. The summed E-state index contributed by atoms with van der Waals surface area (Å²) in [5.41, 5.74) is -5.68. The molecule has 0 unspecified atom stereocenters. The van der Waals surface area contributed by atoms with Crippen LogP contribution in [-0.4, -0.2) is 315 Å². The van der Waals surface area contributed by atoms with Gasteiger partial charge in [0, 0.05) is 45.3 Å². The number of ether oxygens (including phenoxy) is 4. The minimum atomic E-state index is -4.66. The van der Waals surface area contributed by atoms with Gasteiger partial charge in [-0.2, -0.15) is 0 Å². The van der Waals surface area contributed by atoms with Crippen LogP contribution in [-0.2, 0) is 106 Å². The van der Waals surface area contributed by atoms with E-state index in [2.05, 4.69) is 0 Å². The quantitative estimate of drug-likeness (QED) is 0.0671. The SMILES string of the molecule is CC12N3Cc4c(OCCCS(=O)(=O)[O-])ccc5ccc(OCCCS(=O)(=O)[O-])c(c45)CN1C(=O)N1CN4C(=O)N5CN6C(=O)N7CN8C(=O)N9Cc%10c(OCCCS(=O)(=O)[O-])ccc%11ccc(OCCCS(=O)(=O)[O-])c(c%10%11)CN%10C(=O)N(CN%11C(=O)N(CN%12C(=O)N(CN(C3=O)C12C)C4C%125)C6C%117)C8(C)C%109C.[Zn+2].[Zn+2]. The van der Waals surface area contributed by atoms with Gasteiger partial charge in [-0.1, -0.05) is 24.3 Å². The fourth-order valence-electron chi connectivity index (χ4n) is 18.5. The van der Waals surface area contributed by atoms with Crippen LogP contribution in [0.5, 0.6) is 23.0 Å². The van der Waals surface area contributed by atoms with Gasteiger partial charge in [-0.25, -0.2) is 72.0 Å². The minimum Gasteiger partial charge on any atom is -0.748 e. The van der Waals surface area contributed by atoms with Gasteiger partial charge in [-0.05, 0) is 99.2 Å². The third-order valence-electron chi connectivity index (χ3n) is 23.8. The van der Waals surface area contributed by atoms with Crippen molar-refractivity contribution in [2.45, 2.75) is 127 Å². The number of nitrogens with zero attached hydrogens (tertiary/aromatic N) is 16. The number of hydrogen-bond acceptors (Lipinski definition) is 24. The predicted molar refractivity (Wildman–Crippen MR) is 352 cm³/mol. The second-order valence-electron chi connectivity index (χ2n) is 28.9. The van der Waals surface area contributed by atoms with Crippen molar-refractivity contribution in [3.63, 3.8) is 0 Å². The third-order valence-corrected chi connectivity index (χ3v) is 26.9. The van der Waals surface area contributed by atoms with Gasteiger partial charge >= 0.3 is 87.2 Å². The fourth-order valence-corrected chi connectivity index (χ4v) is 20.4. The van der Waals surface area contributed by atoms with E-state index in [4.69, 9.17) is 18.9 Å². The van der Waals surface area contributed by atoms with Crippen molar-refractivity contribution >= 4 is 110 Å². The van der Waals surface area contributed by atoms with Gasteiger partial charge in [0.15, 0.2) is 47.3 Å². The van der Waals surface area contributed by atoms with Gasteiger partial charge < -0.3 is 37.2 Å². The first-order valence-corrected chi connectivity index (χ1v) is 40.3. The van der Waals surface area contributed by atoms with Crippen molar-refractivity contribution < 1.29 is 148 Å². The Morgan fingerprint density at radius 2 is 0.509 bits per heavy atom. The monoisotopic (exact) mass is 1680 g/mol. The van der Waals surface area contributed by atoms with Gasteiger partial charge in [0.25, 0.3) is 0 Å². The van der Waals surface area contributed by atoms with Crippen LogP contribution in [0.25, 0.3) is 21.5 Å². The molecule has 4 aromatic carbocycles. The smallest absolute Gasteiger partial charge is 0.748 e. The summed E-state index contributed by atoms with van der Waals surface area (Å²) in [4.78, 5) is 148. The summed E-state index contributed by atoms with van der Waals surface area (Å²) in [6, 6.07) is 7.17. The first kappa shape index (κ1) is 75.1. The molecule has 46 heteroatoms. The van der Waals surface area contributed by atoms with Gasteiger partial charge in [0.1, 0.15) is 63.0 Å². The van der Waals surface area contributed by atoms with Crippen LogP contribution in [0.3, 0.4) is 0 Å². The molecule has 13 aliphatic heterocycles. The maximum atomic E-state index is 15.9. The first-order chi connectivity index (χ1) is 49.9. The Balaban J connectivity index is 0.00000465. The molecule has 13 heterocycles. The Kier molecular flexibility index (Phi) is 17.4. The molecule has 11 fully saturated rings. The molecule has 0 atom stereocenters. The number of carbonyl (C=O) groups excluding carboxylic acids is 8. The van der Waals surface area contributed by atoms with Crippen molar-refractivity contribution in [1.29, 1.82) is 0 Å². The van der Waals surface area contributed by atoms with Crippen LogP contribution in [0.1, 0.15) is 75.6 Å². The Labute approximate surface area is 642 Å². The molecule has 0 aliphatic carbocycles. The molecular weight excluding hydrogens is 1610 g/mol. The molecule has 16 amide bonds. The van der Waals surface area contributed by atoms with Crippen LogP contribution in [0.2, 0.25) is 0 Å². The van der Waals surface area contributed by atoms with E-state index in [1.54, 1.807) is 76.2 Å². The Bertz CT molecular complexity index is 4560. The molecule has 0 aromatic heterocycles. The minimum absolute atomic E-state index is 0. The van der Waals surface area contributed by atoms with Gasteiger partial charge in [0.05, 0.1) is 93.1 Å². The molecule has 0 spiro atoms. The standard InChI is InChI=1S/C62H72N16O24S4.2Zn/c1-59-61(3)75-31-67-49-47-63(51(67)79)29-65-48-50-69(53(65)81)33-77-57(85)73-27-39-43(101-19-7-23-105(93,94)95)15-11-36-12-16-44(102-20-8-24-106(96,97)98)40(46(36)39)28-74-58(86)78(62(77,4)60(73,74)2)34-70(50)54(82)66(48)30-64(47)52(80)68(49)32-76(61)56(84)72(59)26-38-42(100-18-6-22-104(90,91)92)14-10-35-9-13-41(99-17-5-21-103(87,88)89)37(45(35)38)25-71(59)55(75)83;;/h9-16,47-50H,5-8,17-34H2,1-4H3,(H,87,88,89)(H,90,91,92)(H,93,94,95)(H,96,97,98);;/q;2*+2/p-4. The van der Waals surface area contributed by atoms with Crippen molar-refractivity contribution in [2.75, 3.05) is 89.5 Å². The summed E-state index contributed by atoms with van der Waals surface area (Å²) in [7, 11) is -18.6. The Morgan fingerprint density at radius 1 is 0.315 bits per heavy atom. The predicted octanol–water partition coefficient (Wildman–Crippen LogP) is 0.828. The summed E-state index contributed by atoms with van der Waals surface area (Å²) in [5, 5.41) is 1.95. The fraction of sp³-hybridized carbons (Fsp3) is 0.548. The van der Waals surface area contributed by atoms with Crippen LogP contribution in [0, 0.1) is 0 Å². The second kappa shape index (κ2) is 25.1. The summed E-state index contributed by atoms with van der Waals surface area (Å²) >= 11 is 0. The zero-order valence-corrected chi connectivity index (χ0v) is 67.7. The van der Waals surface area contributed by atoms with E-state index in [0.29, 0.717) is 43.8 Å². The third kappa shape index (κ3) is 10.6. The van der Waals surface area contributed by atoms with E-state index >= 15 is 38.4 Å². The summed E-state index contributed by atoms with van der Waals surface area (Å²) in [5.74, 6) is -2.40. The van der Waals surface area contributed by atoms with E-state index < -0.39 is 199 Å². The maximum Gasteiger partial charge on any atom is 2.00 e. The Hall–Kier alpha value is -8.35. The van der Waals surface area contributed by atoms with Crippen LogP contribution in [0.4, 0.5) is 38.4 Å². The van der Waals surface area contributed by atoms with E-state index in [-0.39, 0.29) is 140 Å². The number of carbonyl (C=O) groups is 8. The van der Waals surface area contributed by atoms with Gasteiger partial charge in [0.2, 0.25) is 0 Å². The molecule has 0 saturated carbocycles. The van der Waals surface area contributed by atoms with Crippen molar-refractivity contribution in [1.82, 2.24) is 78.4 Å². The van der Waals surface area contributed by atoms with Crippen LogP contribution >= 0.6 is 0 Å². The van der Waals surface area contributed by atoms with Gasteiger partial charge in [-0.15, -0.1) is 0 Å². The van der Waals surface area contributed by atoms with E-state index in [0.717, 1.165) is 0 Å². The molecule has 40 nitrogen and oxygen atoms in total. The van der Waals surface area contributed by atoms with Crippen LogP contribution in [0.15, 0.2) is 48.5 Å². The molecule has 108 heavy (non-hydrogen) atoms. The van der Waals surface area contributed by atoms with Crippen molar-refractivity contribution in [3.05, 3.63) is 70.8 Å². The summed E-state index contributed by atoms with van der Waals surface area (Å²) < 4.78 is 165. The largest absolute Gasteiger partial charge is 2.00 e. The number of hydrogen-bond donors (Lipinski definition) is 0. The zero-order valence-electron chi connectivity index (χ0n) is 58.5. The molecule has 0 radical (unpaired) electrons. The number of urea groups is 8. The van der Waals surface area contributed by atoms with Crippen molar-refractivity contribution in [3.8, 4) is 23.0 Å². The van der Waals surface area contributed by atoms with Gasteiger partial charge in [-0.3, -0.25) is 78.4 Å². The molecule has 17 rings (SSSR count). The van der Waals surface area contributed by atoms with E-state index in [1.807, 2.05) is 0 Å². The topological polar surface area (TPSA) is 454 Å². The molecule has 0 bridgehead atoms. The average molecular weight is 1680 g/mol. The van der Waals surface area contributed by atoms with E-state index in [1.165, 1.54) is 78.4 Å². The first-order valence-electron chi connectivity index (χ1n) is 34.0. The molecule has 11 saturated heterocycles. The normalized spacial score (nSPS) is 27.9. The van der Waals surface area contributed by atoms with Crippen LogP contribution < -0.4 is 18.9 Å². The molecular formula is C62H68N16O24S4Zn2. The molecule has 4 aromatic rings. The molecule has 568 valence electrons. The maximum absolute atomic E-state index is 15.9. The average Bonchev–Trinajstić information content (AvgIpc) is 1.49. The number of amides is 16. The number of benzene rings is 4. The second-order valence-corrected chi connectivity index (χ2v) is 35.0. The molecule has 13 aliphatic rings.